The lowest BCUT2D eigenvalue weighted by molar-refractivity contribution is 0.670. The third-order valence-corrected chi connectivity index (χ3v) is 9.79. The molecule has 4 aromatic carbocycles. The summed E-state index contributed by atoms with van der Waals surface area (Å²) in [4.78, 5) is 7.95. The Kier molecular flexibility index (Phi) is 7.90. The second-order valence-electron chi connectivity index (χ2n) is 9.94. The molecule has 0 radical (unpaired) electrons. The lowest BCUT2D eigenvalue weighted by atomic mass is 10.1. The number of anilines is 3. The molecule has 0 aliphatic carbocycles. The normalized spacial score (nSPS) is 11.2. The SMILES string of the molecule is CCCCCCc1ccc(-c2sc(-c3ccc(N(c4ccccc4)c4ccccc4)cc3)c3ccccc23)s1. The van der Waals surface area contributed by atoms with E-state index in [1.807, 2.05) is 22.7 Å². The molecule has 0 saturated heterocycles. The largest absolute Gasteiger partial charge is 0.311 e. The summed E-state index contributed by atoms with van der Waals surface area (Å²) >= 11 is 3.90. The fourth-order valence-corrected chi connectivity index (χ4v) is 7.67. The van der Waals surface area contributed by atoms with Crippen LogP contribution < -0.4 is 4.90 Å². The molecule has 0 saturated carbocycles. The standard InChI is InChI=1S/C36H33NS2/c1-2-3-4-11-18-31-25-26-34(38-31)36-33-20-13-12-19-32(33)35(39-36)27-21-23-30(24-22-27)37(28-14-7-5-8-15-28)29-16-9-6-10-17-29/h5-10,12-17,19-26H,2-4,11,18H2,1H3. The van der Waals surface area contributed by atoms with Crippen LogP contribution in [0.3, 0.4) is 0 Å². The van der Waals surface area contributed by atoms with Gasteiger partial charge in [-0.2, -0.15) is 0 Å². The van der Waals surface area contributed by atoms with Gasteiger partial charge in [-0.3, -0.25) is 0 Å². The molecule has 6 aromatic rings. The van der Waals surface area contributed by atoms with Crippen molar-refractivity contribution in [1.29, 1.82) is 0 Å². The summed E-state index contributed by atoms with van der Waals surface area (Å²) in [6.07, 6.45) is 6.44. The van der Waals surface area contributed by atoms with Crippen molar-refractivity contribution in [2.75, 3.05) is 4.90 Å². The monoisotopic (exact) mass is 543 g/mol. The smallest absolute Gasteiger partial charge is 0.0527 e. The van der Waals surface area contributed by atoms with Crippen LogP contribution in [0.1, 0.15) is 37.5 Å². The van der Waals surface area contributed by atoms with Gasteiger partial charge in [0.05, 0.1) is 4.88 Å². The maximum atomic E-state index is 2.34. The molecule has 0 aliphatic rings. The van der Waals surface area contributed by atoms with Crippen LogP contribution in [0, 0.1) is 0 Å². The quantitative estimate of drug-likeness (QED) is 0.155. The molecule has 0 amide bonds. The van der Waals surface area contributed by atoms with Gasteiger partial charge in [-0.25, -0.2) is 0 Å². The van der Waals surface area contributed by atoms with Crippen molar-refractivity contribution in [3.63, 3.8) is 0 Å². The molecule has 2 heterocycles. The minimum absolute atomic E-state index is 1.16. The zero-order chi connectivity index (χ0) is 26.4. The zero-order valence-corrected chi connectivity index (χ0v) is 24.0. The van der Waals surface area contributed by atoms with Crippen molar-refractivity contribution in [1.82, 2.24) is 0 Å². The second-order valence-corrected chi connectivity index (χ2v) is 12.1. The number of rotatable bonds is 10. The summed E-state index contributed by atoms with van der Waals surface area (Å²) in [6, 6.07) is 43.8. The number of thiophene rings is 2. The van der Waals surface area contributed by atoms with Crippen LogP contribution in [-0.4, -0.2) is 0 Å². The number of fused-ring (bicyclic) bond motifs is 1. The topological polar surface area (TPSA) is 3.24 Å². The maximum Gasteiger partial charge on any atom is 0.0527 e. The van der Waals surface area contributed by atoms with Gasteiger partial charge in [-0.15, -0.1) is 22.7 Å². The maximum absolute atomic E-state index is 2.34. The van der Waals surface area contributed by atoms with Crippen LogP contribution in [0.4, 0.5) is 17.1 Å². The van der Waals surface area contributed by atoms with E-state index in [0.717, 1.165) is 17.1 Å². The lowest BCUT2D eigenvalue weighted by Gasteiger charge is -2.25. The van der Waals surface area contributed by atoms with Gasteiger partial charge in [0.25, 0.3) is 0 Å². The first-order valence-corrected chi connectivity index (χ1v) is 15.6. The van der Waals surface area contributed by atoms with Gasteiger partial charge in [-0.1, -0.05) is 99.0 Å². The molecule has 0 atom stereocenters. The number of unbranched alkanes of at least 4 members (excludes halogenated alkanes) is 3. The molecule has 39 heavy (non-hydrogen) atoms. The number of hydrogen-bond donors (Lipinski definition) is 0. The molecule has 2 aromatic heterocycles. The predicted molar refractivity (Wildman–Crippen MR) is 173 cm³/mol. The number of para-hydroxylation sites is 2. The molecule has 0 aliphatic heterocycles. The van der Waals surface area contributed by atoms with Crippen molar-refractivity contribution < 1.29 is 0 Å². The van der Waals surface area contributed by atoms with Crippen LogP contribution >= 0.6 is 22.7 Å². The Morgan fingerprint density at radius 1 is 0.513 bits per heavy atom. The van der Waals surface area contributed by atoms with Crippen molar-refractivity contribution >= 4 is 50.5 Å². The van der Waals surface area contributed by atoms with Crippen molar-refractivity contribution in [3.05, 3.63) is 126 Å². The first-order valence-electron chi connectivity index (χ1n) is 13.9. The van der Waals surface area contributed by atoms with Gasteiger partial charge in [0, 0.05) is 42.5 Å². The molecule has 194 valence electrons. The Balaban J connectivity index is 1.34. The molecule has 0 unspecified atom stereocenters. The highest BCUT2D eigenvalue weighted by atomic mass is 32.1. The van der Waals surface area contributed by atoms with E-state index in [0.29, 0.717) is 0 Å². The highest BCUT2D eigenvalue weighted by Gasteiger charge is 2.17. The summed E-state index contributed by atoms with van der Waals surface area (Å²) in [5.41, 5.74) is 4.74. The Bertz CT molecular complexity index is 1590. The Morgan fingerprint density at radius 3 is 1.74 bits per heavy atom. The fraction of sp³-hybridized carbons (Fsp3) is 0.167. The van der Waals surface area contributed by atoms with Crippen LogP contribution in [0.15, 0.2) is 121 Å². The van der Waals surface area contributed by atoms with E-state index in [4.69, 9.17) is 0 Å². The molecule has 0 spiro atoms. The van der Waals surface area contributed by atoms with Crippen molar-refractivity contribution in [2.45, 2.75) is 39.0 Å². The zero-order valence-electron chi connectivity index (χ0n) is 22.3. The molecule has 1 nitrogen and oxygen atoms in total. The van der Waals surface area contributed by atoms with Gasteiger partial charge in [0.2, 0.25) is 0 Å². The number of hydrogen-bond acceptors (Lipinski definition) is 3. The number of aryl methyl sites for hydroxylation is 1. The van der Waals surface area contributed by atoms with Gasteiger partial charge < -0.3 is 4.90 Å². The Hall–Kier alpha value is -3.66. The Morgan fingerprint density at radius 2 is 1.10 bits per heavy atom. The average Bonchev–Trinajstić information content (AvgIpc) is 3.62. The summed E-state index contributed by atoms with van der Waals surface area (Å²) < 4.78 is 0. The van der Waals surface area contributed by atoms with Crippen LogP contribution in [0.2, 0.25) is 0 Å². The van der Waals surface area contributed by atoms with E-state index < -0.39 is 0 Å². The summed E-state index contributed by atoms with van der Waals surface area (Å²) in [5, 5.41) is 2.70. The molecular formula is C36H33NS2. The van der Waals surface area contributed by atoms with Crippen LogP contribution in [0.25, 0.3) is 31.0 Å². The minimum Gasteiger partial charge on any atom is -0.311 e. The van der Waals surface area contributed by atoms with Crippen molar-refractivity contribution in [3.8, 4) is 20.2 Å². The van der Waals surface area contributed by atoms with E-state index in [2.05, 4.69) is 133 Å². The van der Waals surface area contributed by atoms with Gasteiger partial charge >= 0.3 is 0 Å². The fourth-order valence-electron chi connectivity index (χ4n) is 5.21. The molecule has 0 fully saturated rings. The van der Waals surface area contributed by atoms with Gasteiger partial charge in [0.15, 0.2) is 0 Å². The number of benzene rings is 4. The van der Waals surface area contributed by atoms with Crippen molar-refractivity contribution in [2.24, 2.45) is 0 Å². The summed E-state index contributed by atoms with van der Waals surface area (Å²) in [7, 11) is 0. The molecule has 3 heteroatoms. The molecule has 0 N–H and O–H groups in total. The first-order chi connectivity index (χ1) is 19.3. The van der Waals surface area contributed by atoms with Crippen LogP contribution in [0.5, 0.6) is 0 Å². The summed E-state index contributed by atoms with van der Waals surface area (Å²) in [6.45, 7) is 2.28. The number of nitrogens with zero attached hydrogens (tertiary/aromatic N) is 1. The van der Waals surface area contributed by atoms with Gasteiger partial charge in [0.1, 0.15) is 0 Å². The Labute approximate surface area is 240 Å². The average molecular weight is 544 g/mol. The predicted octanol–water partition coefficient (Wildman–Crippen LogP) is 11.9. The highest BCUT2D eigenvalue weighted by molar-refractivity contribution is 7.25. The van der Waals surface area contributed by atoms with Gasteiger partial charge in [-0.05, 0) is 66.9 Å². The minimum atomic E-state index is 1.16. The molecule has 0 bridgehead atoms. The van der Waals surface area contributed by atoms with E-state index >= 15 is 0 Å². The summed E-state index contributed by atoms with van der Waals surface area (Å²) in [5.74, 6) is 0. The molecular weight excluding hydrogens is 511 g/mol. The van der Waals surface area contributed by atoms with E-state index in [-0.39, 0.29) is 0 Å². The lowest BCUT2D eigenvalue weighted by Crippen LogP contribution is -2.09. The van der Waals surface area contributed by atoms with E-state index in [9.17, 15) is 0 Å². The highest BCUT2D eigenvalue weighted by Crippen LogP contribution is 2.46. The second kappa shape index (κ2) is 12.0. The van der Waals surface area contributed by atoms with E-state index in [1.165, 1.54) is 67.9 Å². The molecule has 6 rings (SSSR count). The third kappa shape index (κ3) is 5.56. The first kappa shape index (κ1) is 25.6. The van der Waals surface area contributed by atoms with Crippen LogP contribution in [-0.2, 0) is 6.42 Å². The van der Waals surface area contributed by atoms with E-state index in [1.54, 1.807) is 0 Å². The third-order valence-electron chi connectivity index (χ3n) is 7.20.